The summed E-state index contributed by atoms with van der Waals surface area (Å²) in [6, 6.07) is 23.8. The van der Waals surface area contributed by atoms with Gasteiger partial charge in [0.1, 0.15) is 30.0 Å². The second kappa shape index (κ2) is 12.7. The maximum atomic E-state index is 13.3. The molecule has 2 atom stereocenters. The maximum Gasteiger partial charge on any atom is 0.417 e. The fourth-order valence-corrected chi connectivity index (χ4v) is 4.83. The number of aromatic hydroxyl groups is 1. The first-order valence-electron chi connectivity index (χ1n) is 13.5. The Morgan fingerprint density at radius 3 is 2.54 bits per heavy atom. The molecule has 41 heavy (non-hydrogen) atoms. The van der Waals surface area contributed by atoms with Crippen LogP contribution in [0.25, 0.3) is 11.5 Å². The lowest BCUT2D eigenvalue weighted by Crippen LogP contribution is -2.46. The number of methoxy groups -OCH3 is 1. The number of phenolic OH excluding ortho intramolecular Hbond substituents is 1. The van der Waals surface area contributed by atoms with Crippen molar-refractivity contribution in [3.05, 3.63) is 101 Å². The third-order valence-corrected chi connectivity index (χ3v) is 7.06. The molecule has 1 aliphatic rings. The number of phenols is 1. The lowest BCUT2D eigenvalue weighted by Gasteiger charge is -2.24. The first-order valence-corrected chi connectivity index (χ1v) is 13.5. The molecular weight excluding hydrogens is 524 g/mol. The van der Waals surface area contributed by atoms with Crippen molar-refractivity contribution in [1.82, 2.24) is 9.88 Å². The van der Waals surface area contributed by atoms with Crippen molar-refractivity contribution in [3.8, 4) is 23.0 Å². The van der Waals surface area contributed by atoms with Crippen LogP contribution >= 0.6 is 0 Å². The number of hydrogen-bond acceptors (Lipinski definition) is 8. The molecule has 0 aliphatic carbocycles. The van der Waals surface area contributed by atoms with Gasteiger partial charge in [-0.15, -0.1) is 0 Å². The van der Waals surface area contributed by atoms with Crippen LogP contribution in [0, 0.1) is 6.92 Å². The number of amides is 2. The molecule has 4 aromatic rings. The number of rotatable bonds is 11. The zero-order valence-corrected chi connectivity index (χ0v) is 23.0. The standard InChI is InChI=1S/C32H32N2O7/c1-21-27(33-30(41-21)23-11-7-4-8-12-23)15-16-39-26-14-13-24(28(35)19-26)18-29(38-2)31(36)34-25(20-40-32(34)37)17-22-9-5-3-6-10-22/h3-14,19,25,29,35H,15-18,20H2,1-2H3/t25?,29-/m0/s1. The minimum absolute atomic E-state index is 0.0360. The highest BCUT2D eigenvalue weighted by molar-refractivity contribution is 5.96. The third kappa shape index (κ3) is 6.58. The highest BCUT2D eigenvalue weighted by atomic mass is 16.6. The second-order valence-corrected chi connectivity index (χ2v) is 9.83. The molecule has 1 aliphatic heterocycles. The molecule has 1 unspecified atom stereocenters. The van der Waals surface area contributed by atoms with Crippen LogP contribution in [0.2, 0.25) is 0 Å². The Kier molecular flexibility index (Phi) is 8.64. The molecule has 0 spiro atoms. The molecule has 0 saturated carbocycles. The van der Waals surface area contributed by atoms with E-state index in [0.717, 1.165) is 27.5 Å². The van der Waals surface area contributed by atoms with Gasteiger partial charge in [0, 0.05) is 31.6 Å². The summed E-state index contributed by atoms with van der Waals surface area (Å²) in [5, 5.41) is 10.7. The van der Waals surface area contributed by atoms with E-state index in [1.54, 1.807) is 12.1 Å². The van der Waals surface area contributed by atoms with E-state index in [0.29, 0.717) is 36.7 Å². The Hall–Kier alpha value is -4.63. The van der Waals surface area contributed by atoms with Gasteiger partial charge in [0.2, 0.25) is 5.89 Å². The van der Waals surface area contributed by atoms with Crippen molar-refractivity contribution in [1.29, 1.82) is 0 Å². The topological polar surface area (TPSA) is 111 Å². The van der Waals surface area contributed by atoms with E-state index < -0.39 is 24.1 Å². The SMILES string of the molecule is CO[C@@H](Cc1ccc(OCCc2nc(-c3ccccc3)oc2C)cc1O)C(=O)N1C(=O)OCC1Cc1ccccc1. The fraction of sp³-hybridized carbons (Fsp3) is 0.281. The number of cyclic esters (lactones) is 1. The van der Waals surface area contributed by atoms with E-state index in [4.69, 9.17) is 18.6 Å². The van der Waals surface area contributed by atoms with Gasteiger partial charge in [-0.2, -0.15) is 0 Å². The number of nitrogens with zero attached hydrogens (tertiary/aromatic N) is 2. The normalized spacial score (nSPS) is 15.5. The zero-order valence-electron chi connectivity index (χ0n) is 23.0. The van der Waals surface area contributed by atoms with Crippen LogP contribution in [-0.4, -0.2) is 59.5 Å². The number of imide groups is 1. The molecule has 5 rings (SSSR count). The first kappa shape index (κ1) is 27.9. The molecule has 2 heterocycles. The Balaban J connectivity index is 1.19. The molecule has 0 radical (unpaired) electrons. The highest BCUT2D eigenvalue weighted by Crippen LogP contribution is 2.28. The molecule has 2 amide bonds. The molecule has 0 bridgehead atoms. The van der Waals surface area contributed by atoms with E-state index in [9.17, 15) is 14.7 Å². The molecule has 1 aromatic heterocycles. The molecular formula is C32H32N2O7. The summed E-state index contributed by atoms with van der Waals surface area (Å²) >= 11 is 0. The Bertz CT molecular complexity index is 1490. The van der Waals surface area contributed by atoms with E-state index in [2.05, 4.69) is 4.98 Å². The van der Waals surface area contributed by atoms with Crippen molar-refractivity contribution in [2.24, 2.45) is 0 Å². The summed E-state index contributed by atoms with van der Waals surface area (Å²) < 4.78 is 22.3. The number of carbonyl (C=O) groups is 2. The van der Waals surface area contributed by atoms with Gasteiger partial charge in [-0.3, -0.25) is 4.79 Å². The first-order chi connectivity index (χ1) is 19.9. The van der Waals surface area contributed by atoms with Crippen LogP contribution in [0.5, 0.6) is 11.5 Å². The number of oxazole rings is 1. The summed E-state index contributed by atoms with van der Waals surface area (Å²) in [4.78, 5) is 31.5. The quantitative estimate of drug-likeness (QED) is 0.271. The molecule has 1 saturated heterocycles. The van der Waals surface area contributed by atoms with Crippen LogP contribution in [0.15, 0.2) is 83.3 Å². The zero-order chi connectivity index (χ0) is 28.8. The van der Waals surface area contributed by atoms with Crippen molar-refractivity contribution in [2.75, 3.05) is 20.3 Å². The minimum Gasteiger partial charge on any atom is -0.508 e. The number of aromatic nitrogens is 1. The molecule has 212 valence electrons. The Labute approximate surface area is 238 Å². The third-order valence-electron chi connectivity index (χ3n) is 7.06. The van der Waals surface area contributed by atoms with Gasteiger partial charge < -0.3 is 23.7 Å². The van der Waals surface area contributed by atoms with E-state index in [1.807, 2.05) is 67.6 Å². The van der Waals surface area contributed by atoms with E-state index in [-0.39, 0.29) is 18.8 Å². The largest absolute Gasteiger partial charge is 0.508 e. The van der Waals surface area contributed by atoms with Gasteiger partial charge in [0.25, 0.3) is 5.91 Å². The molecule has 9 nitrogen and oxygen atoms in total. The van der Waals surface area contributed by atoms with Crippen LogP contribution in [0.1, 0.15) is 22.6 Å². The van der Waals surface area contributed by atoms with Crippen LogP contribution < -0.4 is 4.74 Å². The van der Waals surface area contributed by atoms with Crippen molar-refractivity contribution in [2.45, 2.75) is 38.3 Å². The summed E-state index contributed by atoms with van der Waals surface area (Å²) in [5.74, 6) is 1.23. The van der Waals surface area contributed by atoms with Crippen molar-refractivity contribution < 1.29 is 33.3 Å². The lowest BCUT2D eigenvalue weighted by atomic mass is 10.0. The maximum absolute atomic E-state index is 13.3. The molecule has 9 heteroatoms. The summed E-state index contributed by atoms with van der Waals surface area (Å²) in [6.07, 6.45) is -0.590. The van der Waals surface area contributed by atoms with Crippen molar-refractivity contribution in [3.63, 3.8) is 0 Å². The highest BCUT2D eigenvalue weighted by Gasteiger charge is 2.41. The predicted molar refractivity (Wildman–Crippen MR) is 151 cm³/mol. The summed E-state index contributed by atoms with van der Waals surface area (Å²) in [5.41, 5.74) is 3.19. The smallest absolute Gasteiger partial charge is 0.417 e. The van der Waals surface area contributed by atoms with Gasteiger partial charge in [-0.1, -0.05) is 54.6 Å². The fourth-order valence-electron chi connectivity index (χ4n) is 4.83. The van der Waals surface area contributed by atoms with E-state index >= 15 is 0 Å². The van der Waals surface area contributed by atoms with Crippen LogP contribution in [0.3, 0.4) is 0 Å². The molecule has 1 N–H and O–H groups in total. The summed E-state index contributed by atoms with van der Waals surface area (Å²) in [7, 11) is 1.40. The number of hydrogen-bond donors (Lipinski definition) is 1. The summed E-state index contributed by atoms with van der Waals surface area (Å²) in [6.45, 7) is 2.32. The Morgan fingerprint density at radius 1 is 1.10 bits per heavy atom. The van der Waals surface area contributed by atoms with Gasteiger partial charge in [0.15, 0.2) is 0 Å². The number of carbonyl (C=O) groups excluding carboxylic acids is 2. The molecule has 3 aromatic carbocycles. The van der Waals surface area contributed by atoms with Crippen molar-refractivity contribution >= 4 is 12.0 Å². The number of benzene rings is 3. The van der Waals surface area contributed by atoms with Gasteiger partial charge in [-0.05, 0) is 42.7 Å². The number of ether oxygens (including phenoxy) is 3. The average Bonchev–Trinajstić information content (AvgIpc) is 3.54. The predicted octanol–water partition coefficient (Wildman–Crippen LogP) is 5.12. The van der Waals surface area contributed by atoms with E-state index in [1.165, 1.54) is 13.2 Å². The Morgan fingerprint density at radius 2 is 1.83 bits per heavy atom. The molecule has 1 fully saturated rings. The van der Waals surface area contributed by atoms with Gasteiger partial charge in [0.05, 0.1) is 18.3 Å². The monoisotopic (exact) mass is 556 g/mol. The van der Waals surface area contributed by atoms with Gasteiger partial charge in [-0.25, -0.2) is 14.7 Å². The van der Waals surface area contributed by atoms with Gasteiger partial charge >= 0.3 is 6.09 Å². The number of aryl methyl sites for hydroxylation is 1. The van der Waals surface area contributed by atoms with Crippen LogP contribution in [0.4, 0.5) is 4.79 Å². The van der Waals surface area contributed by atoms with Crippen LogP contribution in [-0.2, 0) is 33.5 Å². The second-order valence-electron chi connectivity index (χ2n) is 9.83. The average molecular weight is 557 g/mol. The lowest BCUT2D eigenvalue weighted by molar-refractivity contribution is -0.139. The minimum atomic E-state index is -0.981.